The summed E-state index contributed by atoms with van der Waals surface area (Å²) < 4.78 is 37.6. The quantitative estimate of drug-likeness (QED) is 0.405. The second kappa shape index (κ2) is 7.72. The van der Waals surface area contributed by atoms with Crippen molar-refractivity contribution >= 4 is 51.9 Å². The van der Waals surface area contributed by atoms with Crippen LogP contribution in [0.25, 0.3) is 10.9 Å². The summed E-state index contributed by atoms with van der Waals surface area (Å²) in [5, 5.41) is 3.88. The summed E-state index contributed by atoms with van der Waals surface area (Å²) in [6.07, 6.45) is 1.77. The average molecular weight is 466 g/mol. The number of nitrogens with zero attached hydrogens (tertiary/aromatic N) is 2. The SMILES string of the molecule is CC1(Cc2ccnc3cccc(Cl)c23)NC(=O)N(c2ccc(SC(F)(F)F)cc2)C1=O. The topological polar surface area (TPSA) is 62.3 Å². The second-order valence-electron chi connectivity index (χ2n) is 7.23. The molecule has 2 heterocycles. The number of fused-ring (bicyclic) bond motifs is 1. The molecule has 10 heteroatoms. The van der Waals surface area contributed by atoms with Gasteiger partial charge in [-0.15, -0.1) is 0 Å². The zero-order chi connectivity index (χ0) is 22.4. The number of nitrogens with one attached hydrogen (secondary N) is 1. The van der Waals surface area contributed by atoms with E-state index in [4.69, 9.17) is 11.6 Å². The third-order valence-electron chi connectivity index (χ3n) is 4.94. The minimum absolute atomic E-state index is 0.0380. The summed E-state index contributed by atoms with van der Waals surface area (Å²) in [6.45, 7) is 1.60. The monoisotopic (exact) mass is 465 g/mol. The van der Waals surface area contributed by atoms with Crippen molar-refractivity contribution in [1.82, 2.24) is 10.3 Å². The molecule has 0 radical (unpaired) electrons. The van der Waals surface area contributed by atoms with Crippen LogP contribution in [-0.4, -0.2) is 28.0 Å². The van der Waals surface area contributed by atoms with Crippen LogP contribution < -0.4 is 10.2 Å². The fraction of sp³-hybridized carbons (Fsp3) is 0.190. The van der Waals surface area contributed by atoms with E-state index in [1.165, 1.54) is 24.3 Å². The summed E-state index contributed by atoms with van der Waals surface area (Å²) >= 11 is 6.07. The summed E-state index contributed by atoms with van der Waals surface area (Å²) in [4.78, 5) is 31.0. The molecule has 5 nitrogen and oxygen atoms in total. The van der Waals surface area contributed by atoms with E-state index in [1.54, 1.807) is 37.4 Å². The highest BCUT2D eigenvalue weighted by Gasteiger charge is 2.48. The van der Waals surface area contributed by atoms with E-state index in [-0.39, 0.29) is 28.8 Å². The van der Waals surface area contributed by atoms with Gasteiger partial charge in [0.25, 0.3) is 5.91 Å². The molecule has 1 atom stereocenters. The number of carbonyl (C=O) groups is 2. The number of benzene rings is 2. The van der Waals surface area contributed by atoms with Crippen LogP contribution in [0.3, 0.4) is 0 Å². The van der Waals surface area contributed by atoms with Crippen LogP contribution in [0.4, 0.5) is 23.7 Å². The molecule has 0 saturated carbocycles. The Labute approximate surface area is 184 Å². The average Bonchev–Trinajstić information content (AvgIpc) is 2.90. The second-order valence-corrected chi connectivity index (χ2v) is 8.77. The van der Waals surface area contributed by atoms with Crippen LogP contribution in [0.1, 0.15) is 12.5 Å². The van der Waals surface area contributed by atoms with Crippen LogP contribution >= 0.6 is 23.4 Å². The smallest absolute Gasteiger partial charge is 0.323 e. The molecule has 1 saturated heterocycles. The lowest BCUT2D eigenvalue weighted by Crippen LogP contribution is -2.46. The molecule has 3 aromatic rings. The molecule has 1 N–H and O–H groups in total. The summed E-state index contributed by atoms with van der Waals surface area (Å²) in [5.41, 5.74) is -4.08. The van der Waals surface area contributed by atoms with Crippen LogP contribution in [-0.2, 0) is 11.2 Å². The molecular weight excluding hydrogens is 451 g/mol. The molecular formula is C21H15ClF3N3O2S. The molecule has 1 aromatic heterocycles. The first-order chi connectivity index (χ1) is 14.6. The molecule has 2 aromatic carbocycles. The first kappa shape index (κ1) is 21.5. The van der Waals surface area contributed by atoms with Crippen molar-refractivity contribution in [1.29, 1.82) is 0 Å². The standard InChI is InChI=1S/C21H15ClF3N3O2S/c1-20(11-12-9-10-26-16-4-2-3-15(22)17(12)16)18(29)28(19(30)27-20)13-5-7-14(8-6-13)31-21(23,24)25/h2-10H,11H2,1H3,(H,27,30). The van der Waals surface area contributed by atoms with Crippen LogP contribution in [0.5, 0.6) is 0 Å². The van der Waals surface area contributed by atoms with Crippen molar-refractivity contribution < 1.29 is 22.8 Å². The van der Waals surface area contributed by atoms with E-state index in [9.17, 15) is 22.8 Å². The number of hydrogen-bond acceptors (Lipinski definition) is 4. The largest absolute Gasteiger partial charge is 0.446 e. The van der Waals surface area contributed by atoms with E-state index >= 15 is 0 Å². The van der Waals surface area contributed by atoms with Crippen molar-refractivity contribution in [3.8, 4) is 0 Å². The van der Waals surface area contributed by atoms with Gasteiger partial charge in [0, 0.05) is 22.9 Å². The Balaban J connectivity index is 1.62. The van der Waals surface area contributed by atoms with E-state index in [0.717, 1.165) is 10.5 Å². The number of pyridine rings is 1. The van der Waals surface area contributed by atoms with Gasteiger partial charge >= 0.3 is 11.5 Å². The molecule has 1 fully saturated rings. The number of hydrogen-bond donors (Lipinski definition) is 1. The minimum atomic E-state index is -4.42. The number of thioether (sulfide) groups is 1. The summed E-state index contributed by atoms with van der Waals surface area (Å²) in [7, 11) is 0. The number of anilines is 1. The molecule has 31 heavy (non-hydrogen) atoms. The van der Waals surface area contributed by atoms with Crippen LogP contribution in [0.15, 0.2) is 59.6 Å². The molecule has 4 rings (SSSR count). The Bertz CT molecular complexity index is 1180. The third kappa shape index (κ3) is 4.20. The molecule has 1 unspecified atom stereocenters. The highest BCUT2D eigenvalue weighted by Crippen LogP contribution is 2.38. The fourth-order valence-electron chi connectivity index (χ4n) is 3.59. The predicted molar refractivity (Wildman–Crippen MR) is 113 cm³/mol. The highest BCUT2D eigenvalue weighted by molar-refractivity contribution is 8.00. The molecule has 160 valence electrons. The van der Waals surface area contributed by atoms with Gasteiger partial charge in [0.2, 0.25) is 0 Å². The van der Waals surface area contributed by atoms with Crippen molar-refractivity contribution in [3.05, 3.63) is 65.3 Å². The molecule has 0 bridgehead atoms. The van der Waals surface area contributed by atoms with Gasteiger partial charge in [-0.05, 0) is 66.7 Å². The fourth-order valence-corrected chi connectivity index (χ4v) is 4.42. The Morgan fingerprint density at radius 2 is 1.84 bits per heavy atom. The van der Waals surface area contributed by atoms with Gasteiger partial charge in [0.15, 0.2) is 0 Å². The Morgan fingerprint density at radius 3 is 2.52 bits per heavy atom. The molecule has 3 amide bonds. The molecule has 0 aliphatic carbocycles. The molecule has 1 aliphatic rings. The number of alkyl halides is 3. The maximum absolute atomic E-state index is 13.2. The third-order valence-corrected chi connectivity index (χ3v) is 5.99. The first-order valence-electron chi connectivity index (χ1n) is 9.12. The number of rotatable bonds is 4. The first-order valence-corrected chi connectivity index (χ1v) is 10.3. The van der Waals surface area contributed by atoms with Gasteiger partial charge in [-0.3, -0.25) is 9.78 Å². The maximum Gasteiger partial charge on any atom is 0.446 e. The van der Waals surface area contributed by atoms with Crippen LogP contribution in [0, 0.1) is 0 Å². The lowest BCUT2D eigenvalue weighted by atomic mass is 9.91. The number of amides is 3. The predicted octanol–water partition coefficient (Wildman–Crippen LogP) is 5.56. The van der Waals surface area contributed by atoms with Gasteiger partial charge < -0.3 is 5.32 Å². The van der Waals surface area contributed by atoms with Crippen molar-refractivity contribution in [2.45, 2.75) is 29.3 Å². The number of imide groups is 1. The number of urea groups is 1. The van der Waals surface area contributed by atoms with Gasteiger partial charge in [0.05, 0.1) is 16.2 Å². The summed E-state index contributed by atoms with van der Waals surface area (Å²) in [6, 6.07) is 11.5. The van der Waals surface area contributed by atoms with E-state index in [0.29, 0.717) is 15.9 Å². The van der Waals surface area contributed by atoms with E-state index in [1.807, 2.05) is 0 Å². The number of halogens is 4. The van der Waals surface area contributed by atoms with E-state index < -0.39 is 23.0 Å². The van der Waals surface area contributed by atoms with Crippen molar-refractivity contribution in [2.24, 2.45) is 0 Å². The van der Waals surface area contributed by atoms with Gasteiger partial charge in [-0.1, -0.05) is 17.7 Å². The Morgan fingerprint density at radius 1 is 1.13 bits per heavy atom. The van der Waals surface area contributed by atoms with Crippen molar-refractivity contribution in [3.63, 3.8) is 0 Å². The zero-order valence-corrected chi connectivity index (χ0v) is 17.6. The Kier molecular flexibility index (Phi) is 5.35. The number of carbonyl (C=O) groups excluding carboxylic acids is 2. The maximum atomic E-state index is 13.2. The van der Waals surface area contributed by atoms with Crippen LogP contribution in [0.2, 0.25) is 5.02 Å². The van der Waals surface area contributed by atoms with Gasteiger partial charge in [-0.25, -0.2) is 9.69 Å². The molecule has 1 aliphatic heterocycles. The number of aromatic nitrogens is 1. The van der Waals surface area contributed by atoms with E-state index in [2.05, 4.69) is 10.3 Å². The minimum Gasteiger partial charge on any atom is -0.323 e. The van der Waals surface area contributed by atoms with Crippen molar-refractivity contribution in [2.75, 3.05) is 4.90 Å². The normalized spacial score (nSPS) is 19.2. The summed E-state index contributed by atoms with van der Waals surface area (Å²) in [5.74, 6) is -0.509. The Hall–Kier alpha value is -2.78. The lowest BCUT2D eigenvalue weighted by molar-refractivity contribution is -0.121. The van der Waals surface area contributed by atoms with Gasteiger partial charge in [0.1, 0.15) is 5.54 Å². The highest BCUT2D eigenvalue weighted by atomic mass is 35.5. The lowest BCUT2D eigenvalue weighted by Gasteiger charge is -2.23. The zero-order valence-electron chi connectivity index (χ0n) is 16.0. The van der Waals surface area contributed by atoms with Gasteiger partial charge in [-0.2, -0.15) is 13.2 Å². The molecule has 0 spiro atoms.